The second-order valence-corrected chi connectivity index (χ2v) is 10.4. The van der Waals surface area contributed by atoms with Crippen molar-refractivity contribution < 1.29 is 15.1 Å². The van der Waals surface area contributed by atoms with E-state index in [-0.39, 0.29) is 16.9 Å². The van der Waals surface area contributed by atoms with E-state index in [1.807, 2.05) is 23.1 Å². The highest BCUT2D eigenvalue weighted by molar-refractivity contribution is 5.58. The van der Waals surface area contributed by atoms with E-state index in [4.69, 9.17) is 0 Å². The van der Waals surface area contributed by atoms with Crippen molar-refractivity contribution in [1.82, 2.24) is 0 Å². The number of non-ortho nitro benzene ring substituents is 1. The largest absolute Gasteiger partial charge is 0.391 e. The summed E-state index contributed by atoms with van der Waals surface area (Å²) in [5.74, 6) is 0. The van der Waals surface area contributed by atoms with Gasteiger partial charge in [0.15, 0.2) is 0 Å². The van der Waals surface area contributed by atoms with Crippen LogP contribution >= 0.6 is 0 Å². The Morgan fingerprint density at radius 1 is 0.850 bits per heavy atom. The van der Waals surface area contributed by atoms with Gasteiger partial charge >= 0.3 is 0 Å². The standard InChI is InChI=1S/C31H45N5O4/c1-3-5-7-9-11-13-29(37)23-35(24-30(38)14-12-10-8-6-4-2)27-17-15-26(16-18-27)33-34-31-20-19-28(36(39)40)21-25(31)22-32/h15-21,29-30,37-38H,3-14,23-24H2,1-2H3. The number of azo groups is 1. The molecule has 9 heteroatoms. The molecular formula is C31H45N5O4. The molecule has 40 heavy (non-hydrogen) atoms. The smallest absolute Gasteiger partial charge is 0.270 e. The zero-order chi connectivity index (χ0) is 29.2. The fourth-order valence-electron chi connectivity index (χ4n) is 4.60. The molecule has 0 amide bonds. The van der Waals surface area contributed by atoms with Crippen LogP contribution in [0.25, 0.3) is 0 Å². The molecule has 0 saturated heterocycles. The number of rotatable bonds is 20. The molecule has 2 atom stereocenters. The molecular weight excluding hydrogens is 506 g/mol. The third kappa shape index (κ3) is 12.2. The summed E-state index contributed by atoms with van der Waals surface area (Å²) in [7, 11) is 0. The number of nitro groups is 1. The third-order valence-electron chi connectivity index (χ3n) is 6.94. The summed E-state index contributed by atoms with van der Waals surface area (Å²) in [5, 5.41) is 50.1. The molecule has 0 aliphatic heterocycles. The second-order valence-electron chi connectivity index (χ2n) is 10.4. The third-order valence-corrected chi connectivity index (χ3v) is 6.94. The minimum Gasteiger partial charge on any atom is -0.391 e. The summed E-state index contributed by atoms with van der Waals surface area (Å²) in [6, 6.07) is 13.2. The summed E-state index contributed by atoms with van der Waals surface area (Å²) in [4.78, 5) is 12.5. The highest BCUT2D eigenvalue weighted by Gasteiger charge is 2.17. The minimum absolute atomic E-state index is 0.0770. The Morgan fingerprint density at radius 3 is 1.90 bits per heavy atom. The number of anilines is 1. The number of hydrogen-bond donors (Lipinski definition) is 2. The first-order chi connectivity index (χ1) is 19.4. The van der Waals surface area contributed by atoms with Gasteiger partial charge in [0, 0.05) is 30.9 Å². The number of nitro benzene ring substituents is 1. The summed E-state index contributed by atoms with van der Waals surface area (Å²) in [6.45, 7) is 5.26. The van der Waals surface area contributed by atoms with Crippen molar-refractivity contribution in [3.63, 3.8) is 0 Å². The SMILES string of the molecule is CCCCCCCC(O)CN(CC(O)CCCCCCC)c1ccc(N=Nc2ccc([N+](=O)[O-])cc2C#N)cc1. The van der Waals surface area contributed by atoms with Gasteiger partial charge in [0.05, 0.1) is 28.4 Å². The lowest BCUT2D eigenvalue weighted by Gasteiger charge is -2.29. The lowest BCUT2D eigenvalue weighted by Crippen LogP contribution is -2.38. The Balaban J connectivity index is 2.08. The van der Waals surface area contributed by atoms with E-state index < -0.39 is 17.1 Å². The Labute approximate surface area is 238 Å². The molecule has 0 aliphatic rings. The first-order valence-corrected chi connectivity index (χ1v) is 14.7. The molecule has 2 aromatic carbocycles. The van der Waals surface area contributed by atoms with Crippen molar-refractivity contribution in [3.05, 3.63) is 58.1 Å². The maximum absolute atomic E-state index is 11.0. The summed E-state index contributed by atoms with van der Waals surface area (Å²) < 4.78 is 0. The van der Waals surface area contributed by atoms with Crippen LogP contribution in [-0.2, 0) is 0 Å². The Kier molecular flexibility index (Phi) is 15.5. The summed E-state index contributed by atoms with van der Waals surface area (Å²) >= 11 is 0. The van der Waals surface area contributed by atoms with Crippen molar-refractivity contribution in [2.45, 2.75) is 103 Å². The maximum atomic E-state index is 11.0. The highest BCUT2D eigenvalue weighted by Crippen LogP contribution is 2.27. The zero-order valence-corrected chi connectivity index (χ0v) is 24.0. The molecule has 0 radical (unpaired) electrons. The molecule has 0 spiro atoms. The molecule has 2 aromatic rings. The van der Waals surface area contributed by atoms with Crippen molar-refractivity contribution in [3.8, 4) is 6.07 Å². The number of benzene rings is 2. The van der Waals surface area contributed by atoms with E-state index in [0.29, 0.717) is 18.8 Å². The Hall–Kier alpha value is -3.35. The molecule has 0 saturated carbocycles. The van der Waals surface area contributed by atoms with Gasteiger partial charge in [-0.2, -0.15) is 10.4 Å². The van der Waals surface area contributed by atoms with E-state index in [2.05, 4.69) is 24.1 Å². The first-order valence-electron chi connectivity index (χ1n) is 14.7. The van der Waals surface area contributed by atoms with Gasteiger partial charge in [-0.1, -0.05) is 78.1 Å². The zero-order valence-electron chi connectivity index (χ0n) is 24.0. The topological polar surface area (TPSA) is 135 Å². The predicted octanol–water partition coefficient (Wildman–Crippen LogP) is 8.13. The van der Waals surface area contributed by atoms with E-state index in [1.54, 1.807) is 12.1 Å². The van der Waals surface area contributed by atoms with Crippen molar-refractivity contribution in [1.29, 1.82) is 5.26 Å². The summed E-state index contributed by atoms with van der Waals surface area (Å²) in [5.41, 5.74) is 1.59. The highest BCUT2D eigenvalue weighted by atomic mass is 16.6. The number of unbranched alkanes of at least 4 members (excludes halogenated alkanes) is 8. The Bertz CT molecular complexity index is 1060. The average molecular weight is 552 g/mol. The van der Waals surface area contributed by atoms with Crippen LogP contribution in [0.3, 0.4) is 0 Å². The van der Waals surface area contributed by atoms with Crippen LogP contribution in [0, 0.1) is 21.4 Å². The first kappa shape index (κ1) is 32.9. The van der Waals surface area contributed by atoms with Gasteiger partial charge in [0.25, 0.3) is 5.69 Å². The lowest BCUT2D eigenvalue weighted by molar-refractivity contribution is -0.384. The van der Waals surface area contributed by atoms with Gasteiger partial charge in [0.2, 0.25) is 0 Å². The fraction of sp³-hybridized carbons (Fsp3) is 0.581. The van der Waals surface area contributed by atoms with Crippen molar-refractivity contribution in [2.24, 2.45) is 10.2 Å². The van der Waals surface area contributed by atoms with Crippen LogP contribution in [0.5, 0.6) is 0 Å². The number of aliphatic hydroxyl groups excluding tert-OH is 2. The number of aliphatic hydroxyl groups is 2. The molecule has 0 aromatic heterocycles. The molecule has 0 bridgehead atoms. The van der Waals surface area contributed by atoms with Crippen molar-refractivity contribution in [2.75, 3.05) is 18.0 Å². The Morgan fingerprint density at radius 2 is 1.40 bits per heavy atom. The quantitative estimate of drug-likeness (QED) is 0.0738. The predicted molar refractivity (Wildman–Crippen MR) is 159 cm³/mol. The van der Waals surface area contributed by atoms with Crippen LogP contribution in [0.2, 0.25) is 0 Å². The van der Waals surface area contributed by atoms with Crippen LogP contribution in [-0.4, -0.2) is 40.4 Å². The van der Waals surface area contributed by atoms with Gasteiger partial charge in [-0.3, -0.25) is 10.1 Å². The summed E-state index contributed by atoms with van der Waals surface area (Å²) in [6.07, 6.45) is 11.9. The van der Waals surface area contributed by atoms with Crippen LogP contribution < -0.4 is 4.90 Å². The van der Waals surface area contributed by atoms with Gasteiger partial charge in [0.1, 0.15) is 11.8 Å². The van der Waals surface area contributed by atoms with Crippen LogP contribution in [0.4, 0.5) is 22.7 Å². The van der Waals surface area contributed by atoms with Gasteiger partial charge in [-0.15, -0.1) is 5.11 Å². The number of hydrogen-bond acceptors (Lipinski definition) is 8. The minimum atomic E-state index is -0.557. The lowest BCUT2D eigenvalue weighted by atomic mass is 10.1. The molecule has 0 fully saturated rings. The van der Waals surface area contributed by atoms with Gasteiger partial charge < -0.3 is 15.1 Å². The molecule has 9 nitrogen and oxygen atoms in total. The van der Waals surface area contributed by atoms with Gasteiger partial charge in [-0.05, 0) is 43.2 Å². The van der Waals surface area contributed by atoms with E-state index in [9.17, 15) is 25.6 Å². The van der Waals surface area contributed by atoms with E-state index in [0.717, 1.165) is 44.2 Å². The molecule has 2 N–H and O–H groups in total. The average Bonchev–Trinajstić information content (AvgIpc) is 2.95. The van der Waals surface area contributed by atoms with E-state index in [1.165, 1.54) is 56.7 Å². The second kappa shape index (κ2) is 18.9. The van der Waals surface area contributed by atoms with Crippen LogP contribution in [0.1, 0.15) is 96.5 Å². The van der Waals surface area contributed by atoms with Crippen molar-refractivity contribution >= 4 is 22.7 Å². The number of nitriles is 1. The fourth-order valence-corrected chi connectivity index (χ4v) is 4.60. The molecule has 2 rings (SSSR count). The van der Waals surface area contributed by atoms with E-state index >= 15 is 0 Å². The molecule has 218 valence electrons. The molecule has 2 unspecified atom stereocenters. The normalized spacial score (nSPS) is 12.8. The van der Waals surface area contributed by atoms with Gasteiger partial charge in [-0.25, -0.2) is 0 Å². The number of nitrogens with zero attached hydrogens (tertiary/aromatic N) is 5. The maximum Gasteiger partial charge on any atom is 0.270 e. The van der Waals surface area contributed by atoms with Crippen LogP contribution in [0.15, 0.2) is 52.7 Å². The molecule has 0 aliphatic carbocycles. The molecule has 0 heterocycles. The monoisotopic (exact) mass is 551 g/mol.